The SMILES string of the molecule is NCC(N)Cc1ccn(-c2ccccc2)c(=O)c1. The molecule has 4 heteroatoms. The van der Waals surface area contributed by atoms with Gasteiger partial charge in [-0.1, -0.05) is 18.2 Å². The molecule has 0 spiro atoms. The Morgan fingerprint density at radius 1 is 1.17 bits per heavy atom. The molecule has 18 heavy (non-hydrogen) atoms. The second kappa shape index (κ2) is 5.62. The van der Waals surface area contributed by atoms with Crippen LogP contribution in [0.25, 0.3) is 5.69 Å². The van der Waals surface area contributed by atoms with Crippen LogP contribution in [0, 0.1) is 0 Å². The molecule has 2 rings (SSSR count). The molecule has 0 bridgehead atoms. The molecule has 1 heterocycles. The standard InChI is InChI=1S/C14H17N3O/c15-10-12(16)8-11-6-7-17(14(18)9-11)13-4-2-1-3-5-13/h1-7,9,12H,8,10,15-16H2. The Morgan fingerprint density at radius 2 is 1.89 bits per heavy atom. The van der Waals surface area contributed by atoms with Gasteiger partial charge >= 0.3 is 0 Å². The van der Waals surface area contributed by atoms with E-state index >= 15 is 0 Å². The largest absolute Gasteiger partial charge is 0.329 e. The molecule has 4 nitrogen and oxygen atoms in total. The molecule has 94 valence electrons. The molecule has 1 atom stereocenters. The number of hydrogen-bond acceptors (Lipinski definition) is 3. The molecule has 0 saturated carbocycles. The number of rotatable bonds is 4. The predicted molar refractivity (Wildman–Crippen MR) is 72.8 cm³/mol. The molecule has 0 amide bonds. The molecule has 1 unspecified atom stereocenters. The van der Waals surface area contributed by atoms with Crippen molar-refractivity contribution in [2.75, 3.05) is 6.54 Å². The minimum Gasteiger partial charge on any atom is -0.329 e. The summed E-state index contributed by atoms with van der Waals surface area (Å²) < 4.78 is 1.61. The molecule has 4 N–H and O–H groups in total. The fourth-order valence-electron chi connectivity index (χ4n) is 1.83. The van der Waals surface area contributed by atoms with Crippen molar-refractivity contribution in [2.45, 2.75) is 12.5 Å². The van der Waals surface area contributed by atoms with E-state index in [1.54, 1.807) is 16.8 Å². The minimum absolute atomic E-state index is 0.0529. The maximum absolute atomic E-state index is 12.0. The van der Waals surface area contributed by atoms with Crippen molar-refractivity contribution in [3.63, 3.8) is 0 Å². The normalized spacial score (nSPS) is 12.3. The summed E-state index contributed by atoms with van der Waals surface area (Å²) in [7, 11) is 0. The van der Waals surface area contributed by atoms with Gasteiger partial charge in [0.25, 0.3) is 5.56 Å². The van der Waals surface area contributed by atoms with Crippen molar-refractivity contribution < 1.29 is 0 Å². The smallest absolute Gasteiger partial charge is 0.255 e. The number of hydrogen-bond donors (Lipinski definition) is 2. The van der Waals surface area contributed by atoms with E-state index in [9.17, 15) is 4.79 Å². The summed E-state index contributed by atoms with van der Waals surface area (Å²) in [5.74, 6) is 0. The molecule has 0 aliphatic carbocycles. The van der Waals surface area contributed by atoms with Crippen LogP contribution in [-0.4, -0.2) is 17.2 Å². The first-order valence-corrected chi connectivity index (χ1v) is 5.93. The van der Waals surface area contributed by atoms with Gasteiger partial charge in [0.2, 0.25) is 0 Å². The van der Waals surface area contributed by atoms with Gasteiger partial charge in [0, 0.05) is 30.5 Å². The topological polar surface area (TPSA) is 74.0 Å². The number of nitrogens with two attached hydrogens (primary N) is 2. The zero-order valence-corrected chi connectivity index (χ0v) is 10.1. The van der Waals surface area contributed by atoms with Crippen molar-refractivity contribution in [3.8, 4) is 5.69 Å². The Labute approximate surface area is 106 Å². The lowest BCUT2D eigenvalue weighted by molar-refractivity contribution is 0.676. The van der Waals surface area contributed by atoms with Crippen LogP contribution in [-0.2, 0) is 6.42 Å². The first kappa shape index (κ1) is 12.5. The Kier molecular flexibility index (Phi) is 3.92. The van der Waals surface area contributed by atoms with E-state index in [0.29, 0.717) is 13.0 Å². The van der Waals surface area contributed by atoms with Crippen LogP contribution < -0.4 is 17.0 Å². The van der Waals surface area contributed by atoms with E-state index in [1.165, 1.54) is 0 Å². The first-order valence-electron chi connectivity index (χ1n) is 5.93. The van der Waals surface area contributed by atoms with Crippen LogP contribution in [0.5, 0.6) is 0 Å². The fraction of sp³-hybridized carbons (Fsp3) is 0.214. The van der Waals surface area contributed by atoms with Crippen molar-refractivity contribution in [2.24, 2.45) is 11.5 Å². The Hall–Kier alpha value is -1.91. The Balaban J connectivity index is 2.29. The highest BCUT2D eigenvalue weighted by Gasteiger charge is 2.04. The van der Waals surface area contributed by atoms with E-state index in [0.717, 1.165) is 11.3 Å². The van der Waals surface area contributed by atoms with Crippen molar-refractivity contribution >= 4 is 0 Å². The number of aromatic nitrogens is 1. The van der Waals surface area contributed by atoms with E-state index < -0.39 is 0 Å². The minimum atomic E-state index is -0.100. The molecular weight excluding hydrogens is 226 g/mol. The molecule has 0 fully saturated rings. The number of nitrogens with zero attached hydrogens (tertiary/aromatic N) is 1. The molecule has 1 aromatic carbocycles. The highest BCUT2D eigenvalue weighted by molar-refractivity contribution is 5.32. The van der Waals surface area contributed by atoms with Gasteiger partial charge < -0.3 is 11.5 Å². The quantitative estimate of drug-likeness (QED) is 0.828. The van der Waals surface area contributed by atoms with Crippen LogP contribution in [0.1, 0.15) is 5.56 Å². The second-order valence-corrected chi connectivity index (χ2v) is 4.28. The lowest BCUT2D eigenvalue weighted by Crippen LogP contribution is -2.32. The molecule has 2 aromatic rings. The van der Waals surface area contributed by atoms with Gasteiger partial charge in [0.15, 0.2) is 0 Å². The van der Waals surface area contributed by atoms with Gasteiger partial charge in [-0.15, -0.1) is 0 Å². The van der Waals surface area contributed by atoms with Crippen LogP contribution in [0.3, 0.4) is 0 Å². The summed E-state index contributed by atoms with van der Waals surface area (Å²) in [5, 5.41) is 0. The monoisotopic (exact) mass is 243 g/mol. The second-order valence-electron chi connectivity index (χ2n) is 4.28. The van der Waals surface area contributed by atoms with Gasteiger partial charge in [-0.2, -0.15) is 0 Å². The molecule has 0 radical (unpaired) electrons. The summed E-state index contributed by atoms with van der Waals surface area (Å²) >= 11 is 0. The highest BCUT2D eigenvalue weighted by atomic mass is 16.1. The summed E-state index contributed by atoms with van der Waals surface area (Å²) in [6, 6.07) is 12.9. The fourth-order valence-corrected chi connectivity index (χ4v) is 1.83. The van der Waals surface area contributed by atoms with Gasteiger partial charge in [0.05, 0.1) is 0 Å². The Bertz CT molecular complexity index is 563. The number of pyridine rings is 1. The maximum atomic E-state index is 12.0. The summed E-state index contributed by atoms with van der Waals surface area (Å²) in [4.78, 5) is 12.0. The zero-order chi connectivity index (χ0) is 13.0. The number of benzene rings is 1. The van der Waals surface area contributed by atoms with E-state index in [-0.39, 0.29) is 11.6 Å². The van der Waals surface area contributed by atoms with Crippen LogP contribution in [0.2, 0.25) is 0 Å². The molecular formula is C14H17N3O. The van der Waals surface area contributed by atoms with Crippen molar-refractivity contribution in [1.29, 1.82) is 0 Å². The van der Waals surface area contributed by atoms with Gasteiger partial charge in [-0.05, 0) is 30.2 Å². The average Bonchev–Trinajstić information content (AvgIpc) is 2.40. The molecule has 1 aromatic heterocycles. The van der Waals surface area contributed by atoms with Gasteiger partial charge in [-0.25, -0.2) is 0 Å². The third kappa shape index (κ3) is 2.85. The summed E-state index contributed by atoms with van der Waals surface area (Å²) in [6.07, 6.45) is 2.40. The third-order valence-electron chi connectivity index (χ3n) is 2.82. The molecule has 0 aliphatic heterocycles. The van der Waals surface area contributed by atoms with Gasteiger partial charge in [0.1, 0.15) is 0 Å². The molecule has 0 aliphatic rings. The lowest BCUT2D eigenvalue weighted by Gasteiger charge is -2.10. The first-order chi connectivity index (χ1) is 8.70. The molecule has 0 saturated heterocycles. The van der Waals surface area contributed by atoms with Crippen molar-refractivity contribution in [1.82, 2.24) is 4.57 Å². The lowest BCUT2D eigenvalue weighted by atomic mass is 10.1. The maximum Gasteiger partial charge on any atom is 0.255 e. The zero-order valence-electron chi connectivity index (χ0n) is 10.1. The van der Waals surface area contributed by atoms with Crippen LogP contribution >= 0.6 is 0 Å². The van der Waals surface area contributed by atoms with Crippen LogP contribution in [0.4, 0.5) is 0 Å². The van der Waals surface area contributed by atoms with Crippen LogP contribution in [0.15, 0.2) is 53.5 Å². The van der Waals surface area contributed by atoms with E-state index in [2.05, 4.69) is 0 Å². The Morgan fingerprint density at radius 3 is 2.50 bits per heavy atom. The number of para-hydroxylation sites is 1. The third-order valence-corrected chi connectivity index (χ3v) is 2.82. The average molecular weight is 243 g/mol. The summed E-state index contributed by atoms with van der Waals surface area (Å²) in [5.41, 5.74) is 13.0. The summed E-state index contributed by atoms with van der Waals surface area (Å²) in [6.45, 7) is 0.418. The highest BCUT2D eigenvalue weighted by Crippen LogP contribution is 2.05. The van der Waals surface area contributed by atoms with E-state index in [1.807, 2.05) is 36.4 Å². The van der Waals surface area contributed by atoms with E-state index in [4.69, 9.17) is 11.5 Å². The predicted octanol–water partition coefficient (Wildman–Crippen LogP) is 0.666. The van der Waals surface area contributed by atoms with Gasteiger partial charge in [-0.3, -0.25) is 9.36 Å². The van der Waals surface area contributed by atoms with Crippen molar-refractivity contribution in [3.05, 3.63) is 64.6 Å².